The van der Waals surface area contributed by atoms with Gasteiger partial charge in [-0.25, -0.2) is 0 Å². The molecule has 8 saturated carbocycles. The van der Waals surface area contributed by atoms with E-state index in [0.29, 0.717) is 0 Å². The van der Waals surface area contributed by atoms with Crippen molar-refractivity contribution in [2.45, 2.75) is 63.9 Å². The van der Waals surface area contributed by atoms with E-state index < -0.39 is 6.08 Å². The van der Waals surface area contributed by atoms with Gasteiger partial charge in [-0.1, -0.05) is 11.1 Å². The summed E-state index contributed by atoms with van der Waals surface area (Å²) in [5, 5.41) is 10.9. The standard InChI is InChI=1S/C20H28O/c21-20-16-7-12-6-15(9-16)19(17(20)8-12)18-13-2-10-1-11(4-13)5-14(18)3-10/h10-17,20-21H,1-9H2/t10?,11?,12-,13?,14?,15+,16-,17+,20+/m1/s1/i20D. The zero-order valence-electron chi connectivity index (χ0n) is 13.9. The van der Waals surface area contributed by atoms with Crippen molar-refractivity contribution < 1.29 is 6.48 Å². The van der Waals surface area contributed by atoms with E-state index in [2.05, 4.69) is 0 Å². The summed E-state index contributed by atoms with van der Waals surface area (Å²) in [7, 11) is 0. The number of rotatable bonds is 0. The molecule has 8 fully saturated rings. The summed E-state index contributed by atoms with van der Waals surface area (Å²) < 4.78 is 8.68. The molecule has 8 rings (SSSR count). The quantitative estimate of drug-likeness (QED) is 0.662. The van der Waals surface area contributed by atoms with Gasteiger partial charge in [0.1, 0.15) is 0 Å². The van der Waals surface area contributed by atoms with Crippen LogP contribution in [0, 0.1) is 47.3 Å². The van der Waals surface area contributed by atoms with E-state index in [1.165, 1.54) is 38.5 Å². The molecule has 0 aromatic rings. The molecule has 0 spiro atoms. The third-order valence-electron chi connectivity index (χ3n) is 8.32. The third kappa shape index (κ3) is 1.52. The largest absolute Gasteiger partial charge is 0.392 e. The van der Waals surface area contributed by atoms with Crippen molar-refractivity contribution in [1.82, 2.24) is 0 Å². The summed E-state index contributed by atoms with van der Waals surface area (Å²) in [6.07, 6.45) is 10.9. The molecule has 8 aliphatic carbocycles. The van der Waals surface area contributed by atoms with Crippen LogP contribution in [-0.2, 0) is 0 Å². The lowest BCUT2D eigenvalue weighted by Crippen LogP contribution is -2.52. The zero-order valence-corrected chi connectivity index (χ0v) is 12.9. The van der Waals surface area contributed by atoms with Crippen LogP contribution >= 0.6 is 0 Å². The van der Waals surface area contributed by atoms with Gasteiger partial charge in [0.25, 0.3) is 0 Å². The molecule has 1 N–H and O–H groups in total. The molecule has 114 valence electrons. The monoisotopic (exact) mass is 285 g/mol. The lowest BCUT2D eigenvalue weighted by Gasteiger charge is -2.59. The average Bonchev–Trinajstić information content (AvgIpc) is 2.46. The van der Waals surface area contributed by atoms with Crippen molar-refractivity contribution in [3.8, 4) is 0 Å². The maximum atomic E-state index is 10.9. The Kier molecular flexibility index (Phi) is 2.13. The van der Waals surface area contributed by atoms with Crippen LogP contribution in [-0.4, -0.2) is 11.2 Å². The smallest absolute Gasteiger partial charge is 0.0634 e. The van der Waals surface area contributed by atoms with Crippen LogP contribution in [0.3, 0.4) is 0 Å². The van der Waals surface area contributed by atoms with Gasteiger partial charge in [0.2, 0.25) is 0 Å². The van der Waals surface area contributed by atoms with Crippen molar-refractivity contribution in [2.24, 2.45) is 47.3 Å². The van der Waals surface area contributed by atoms with Crippen molar-refractivity contribution in [3.05, 3.63) is 11.1 Å². The summed E-state index contributed by atoms with van der Waals surface area (Å²) in [5.41, 5.74) is 3.46. The SMILES string of the molecule is [2H][C@]1(O)[C@@H]2C[C@H]3C[C@@H](C2)C(=C2C4CC5CC(C4)CC2C5)[C@@H]1C3. The van der Waals surface area contributed by atoms with Crippen LogP contribution in [0.4, 0.5) is 0 Å². The minimum Gasteiger partial charge on any atom is -0.392 e. The molecule has 1 nitrogen and oxygen atoms in total. The number of allylic oxidation sites excluding steroid dienone is 1. The fourth-order valence-electron chi connectivity index (χ4n) is 8.03. The van der Waals surface area contributed by atoms with Crippen molar-refractivity contribution >= 4 is 0 Å². The molecule has 0 aromatic heterocycles. The van der Waals surface area contributed by atoms with E-state index in [4.69, 9.17) is 1.37 Å². The molecule has 21 heavy (non-hydrogen) atoms. The van der Waals surface area contributed by atoms with Gasteiger partial charge in [-0.3, -0.25) is 0 Å². The molecule has 8 aliphatic rings. The maximum Gasteiger partial charge on any atom is 0.0634 e. The van der Waals surface area contributed by atoms with Gasteiger partial charge >= 0.3 is 0 Å². The van der Waals surface area contributed by atoms with Crippen LogP contribution < -0.4 is 0 Å². The van der Waals surface area contributed by atoms with Crippen LogP contribution in [0.5, 0.6) is 0 Å². The van der Waals surface area contributed by atoms with Gasteiger partial charge in [-0.05, 0) is 99.2 Å². The minimum absolute atomic E-state index is 0.205. The Balaban J connectivity index is 1.49. The van der Waals surface area contributed by atoms with E-state index in [1.807, 2.05) is 5.57 Å². The maximum absolute atomic E-state index is 10.9. The third-order valence-corrected chi connectivity index (χ3v) is 8.32. The molecular formula is C20H28O. The highest BCUT2D eigenvalue weighted by Gasteiger charge is 2.54. The molecule has 0 amide bonds. The summed E-state index contributed by atoms with van der Waals surface area (Å²) >= 11 is 0. The van der Waals surface area contributed by atoms with E-state index >= 15 is 0 Å². The highest BCUT2D eigenvalue weighted by Crippen LogP contribution is 2.63. The molecule has 0 heterocycles. The highest BCUT2D eigenvalue weighted by atomic mass is 16.3. The first-order valence-electron chi connectivity index (χ1n) is 10.1. The molecule has 0 aliphatic heterocycles. The van der Waals surface area contributed by atoms with Gasteiger partial charge in [0.15, 0.2) is 0 Å². The molecule has 0 radical (unpaired) electrons. The number of hydrogen-bond donors (Lipinski definition) is 1. The fraction of sp³-hybridized carbons (Fsp3) is 0.900. The number of hydrogen-bond acceptors (Lipinski definition) is 1. The lowest BCUT2D eigenvalue weighted by molar-refractivity contribution is -0.0620. The van der Waals surface area contributed by atoms with Gasteiger partial charge < -0.3 is 5.11 Å². The zero-order chi connectivity index (χ0) is 14.6. The van der Waals surface area contributed by atoms with Crippen LogP contribution in [0.15, 0.2) is 11.1 Å². The lowest BCUT2D eigenvalue weighted by atomic mass is 9.47. The Morgan fingerprint density at radius 1 is 0.667 bits per heavy atom. The van der Waals surface area contributed by atoms with Crippen molar-refractivity contribution in [1.29, 1.82) is 0 Å². The molecule has 0 aromatic carbocycles. The van der Waals surface area contributed by atoms with Crippen molar-refractivity contribution in [3.63, 3.8) is 0 Å². The molecule has 0 saturated heterocycles. The summed E-state index contributed by atoms with van der Waals surface area (Å²) in [6, 6.07) is 0. The first kappa shape index (κ1) is 11.3. The van der Waals surface area contributed by atoms with Crippen LogP contribution in [0.25, 0.3) is 0 Å². The minimum atomic E-state index is -1.13. The van der Waals surface area contributed by atoms with Gasteiger partial charge in [-0.2, -0.15) is 0 Å². The van der Waals surface area contributed by atoms with E-state index in [-0.39, 0.29) is 11.8 Å². The summed E-state index contributed by atoms with van der Waals surface area (Å²) in [5.74, 6) is 5.77. The Hall–Kier alpha value is -0.300. The molecule has 8 bridgehead atoms. The van der Waals surface area contributed by atoms with E-state index in [1.54, 1.807) is 5.57 Å². The Morgan fingerprint density at radius 3 is 1.90 bits per heavy atom. The first-order chi connectivity index (χ1) is 10.6. The Bertz CT molecular complexity index is 532. The molecule has 1 heteroatoms. The second kappa shape index (κ2) is 3.96. The first-order valence-corrected chi connectivity index (χ1v) is 9.55. The average molecular weight is 285 g/mol. The van der Waals surface area contributed by atoms with Crippen molar-refractivity contribution in [2.75, 3.05) is 0 Å². The topological polar surface area (TPSA) is 20.2 Å². The van der Waals surface area contributed by atoms with Gasteiger partial charge in [0.05, 0.1) is 7.45 Å². The second-order valence-electron chi connectivity index (χ2n) is 9.40. The summed E-state index contributed by atoms with van der Waals surface area (Å²) in [4.78, 5) is 0. The van der Waals surface area contributed by atoms with E-state index in [0.717, 1.165) is 54.8 Å². The second-order valence-corrected chi connectivity index (χ2v) is 9.40. The van der Waals surface area contributed by atoms with Crippen LogP contribution in [0.1, 0.15) is 59.2 Å². The van der Waals surface area contributed by atoms with E-state index in [9.17, 15) is 5.11 Å². The normalized spacial score (nSPS) is 64.3. The molecular weight excluding hydrogens is 256 g/mol. The summed E-state index contributed by atoms with van der Waals surface area (Å²) in [6.45, 7) is 0. The Morgan fingerprint density at radius 2 is 1.24 bits per heavy atom. The fourth-order valence-corrected chi connectivity index (χ4v) is 8.03. The van der Waals surface area contributed by atoms with Crippen LogP contribution in [0.2, 0.25) is 0 Å². The van der Waals surface area contributed by atoms with Gasteiger partial charge in [0, 0.05) is 5.92 Å². The number of aliphatic hydroxyl groups is 1. The highest BCUT2D eigenvalue weighted by molar-refractivity contribution is 5.34. The predicted molar refractivity (Wildman–Crippen MR) is 82.5 cm³/mol. The van der Waals surface area contributed by atoms with Gasteiger partial charge in [-0.15, -0.1) is 0 Å². The molecule has 0 unspecified atom stereocenters. The predicted octanol–water partition coefficient (Wildman–Crippen LogP) is 4.17. The Labute approximate surface area is 129 Å². The molecule has 5 atom stereocenters.